The second-order valence-electron chi connectivity index (χ2n) is 5.87. The van der Waals surface area contributed by atoms with Gasteiger partial charge in [0.25, 0.3) is 0 Å². The highest BCUT2D eigenvalue weighted by Gasteiger charge is 2.29. The first-order valence-electron chi connectivity index (χ1n) is 9.18. The monoisotopic (exact) mass is 426 g/mol. The number of carbonyl (C=O) groups excluding carboxylic acids is 3. The highest BCUT2D eigenvalue weighted by atomic mass is 16.6. The maximum Gasteiger partial charge on any atom is 0.347 e. The molecule has 0 aliphatic carbocycles. The Bertz CT molecular complexity index is 1070. The molecule has 1 aromatic rings. The standard InChI is InChI=1S/C19H18N6O6/c1-4-30-18(27)12(19(28)31-5-2)9-20-10-6-7-13(29-3)11(8-10)15-21-16-14(17(26)22-15)23-25-24-16/h6-9,20H,4-5H2,1-3H3. The summed E-state index contributed by atoms with van der Waals surface area (Å²) in [4.78, 5) is 44.4. The SMILES string of the molecule is CCOC(=O)C(=CNc1ccc(OC)c(C2=NC(=O)C3=NN=NC3=N2)c1)C(=O)OCC. The van der Waals surface area contributed by atoms with Gasteiger partial charge in [-0.1, -0.05) is 0 Å². The molecule has 1 amide bonds. The lowest BCUT2D eigenvalue weighted by Gasteiger charge is -2.13. The van der Waals surface area contributed by atoms with E-state index in [1.54, 1.807) is 32.0 Å². The summed E-state index contributed by atoms with van der Waals surface area (Å²) < 4.78 is 15.1. The van der Waals surface area contributed by atoms with Crippen molar-refractivity contribution in [3.8, 4) is 5.75 Å². The summed E-state index contributed by atoms with van der Waals surface area (Å²) in [7, 11) is 1.45. The summed E-state index contributed by atoms with van der Waals surface area (Å²) in [5.74, 6) is -1.78. The molecule has 0 spiro atoms. The lowest BCUT2D eigenvalue weighted by atomic mass is 10.1. The summed E-state index contributed by atoms with van der Waals surface area (Å²) in [6.07, 6.45) is 1.18. The van der Waals surface area contributed by atoms with E-state index in [9.17, 15) is 14.4 Å². The zero-order chi connectivity index (χ0) is 22.4. The quantitative estimate of drug-likeness (QED) is 0.287. The lowest BCUT2D eigenvalue weighted by Crippen LogP contribution is -2.26. The van der Waals surface area contributed by atoms with Crippen molar-refractivity contribution in [2.24, 2.45) is 25.4 Å². The average Bonchev–Trinajstić information content (AvgIpc) is 3.23. The van der Waals surface area contributed by atoms with Crippen LogP contribution in [0.3, 0.4) is 0 Å². The lowest BCUT2D eigenvalue weighted by molar-refractivity contribution is -0.146. The zero-order valence-corrected chi connectivity index (χ0v) is 16.9. The number of fused-ring (bicyclic) bond motifs is 1. The molecule has 0 bridgehead atoms. The minimum atomic E-state index is -0.825. The van der Waals surface area contributed by atoms with Gasteiger partial charge in [0.15, 0.2) is 11.4 Å². The molecular formula is C19H18N6O6. The Morgan fingerprint density at radius 3 is 2.42 bits per heavy atom. The molecule has 2 aliphatic heterocycles. The number of nitrogens with one attached hydrogen (secondary N) is 1. The van der Waals surface area contributed by atoms with E-state index in [-0.39, 0.29) is 36.2 Å². The van der Waals surface area contributed by atoms with Gasteiger partial charge in [-0.05, 0) is 37.3 Å². The van der Waals surface area contributed by atoms with Crippen LogP contribution in [0.25, 0.3) is 0 Å². The average molecular weight is 426 g/mol. The normalized spacial score (nSPS) is 14.0. The first-order valence-corrected chi connectivity index (χ1v) is 9.18. The molecule has 2 aliphatic rings. The molecule has 0 unspecified atom stereocenters. The molecule has 0 saturated heterocycles. The molecule has 1 N–H and O–H groups in total. The van der Waals surface area contributed by atoms with Crippen molar-refractivity contribution in [2.45, 2.75) is 13.8 Å². The van der Waals surface area contributed by atoms with E-state index < -0.39 is 17.8 Å². The van der Waals surface area contributed by atoms with Crippen molar-refractivity contribution in [1.29, 1.82) is 0 Å². The fraction of sp³-hybridized carbons (Fsp3) is 0.263. The number of amides is 1. The van der Waals surface area contributed by atoms with Crippen LogP contribution in [-0.4, -0.2) is 55.6 Å². The number of carbonyl (C=O) groups is 3. The van der Waals surface area contributed by atoms with E-state index in [1.807, 2.05) is 0 Å². The molecule has 12 nitrogen and oxygen atoms in total. The van der Waals surface area contributed by atoms with Crippen molar-refractivity contribution in [3.63, 3.8) is 0 Å². The summed E-state index contributed by atoms with van der Waals surface area (Å²) in [5.41, 5.74) is 0.480. The van der Waals surface area contributed by atoms with Crippen molar-refractivity contribution >= 4 is 40.9 Å². The van der Waals surface area contributed by atoms with E-state index in [0.29, 0.717) is 17.0 Å². The molecular weight excluding hydrogens is 408 g/mol. The third kappa shape index (κ3) is 4.69. The minimum absolute atomic E-state index is 0.0338. The number of hydrogen-bond acceptors (Lipinski definition) is 11. The van der Waals surface area contributed by atoms with Gasteiger partial charge in [-0.2, -0.15) is 4.99 Å². The van der Waals surface area contributed by atoms with Gasteiger partial charge in [0.2, 0.25) is 11.5 Å². The molecule has 0 aromatic heterocycles. The molecule has 12 heteroatoms. The third-order valence-electron chi connectivity index (χ3n) is 3.93. The largest absolute Gasteiger partial charge is 0.496 e. The van der Waals surface area contributed by atoms with Gasteiger partial charge in [-0.3, -0.25) is 4.79 Å². The van der Waals surface area contributed by atoms with E-state index in [4.69, 9.17) is 14.2 Å². The molecule has 3 rings (SSSR count). The number of methoxy groups -OCH3 is 1. The smallest absolute Gasteiger partial charge is 0.347 e. The van der Waals surface area contributed by atoms with Crippen LogP contribution in [0.1, 0.15) is 19.4 Å². The fourth-order valence-corrected chi connectivity index (χ4v) is 2.56. The Kier molecular flexibility index (Phi) is 6.60. The maximum absolute atomic E-state index is 12.1. The van der Waals surface area contributed by atoms with Crippen LogP contribution in [0.15, 0.2) is 55.4 Å². The molecule has 0 saturated carbocycles. The second kappa shape index (κ2) is 9.52. The first-order chi connectivity index (χ1) is 15.0. The second-order valence-corrected chi connectivity index (χ2v) is 5.87. The van der Waals surface area contributed by atoms with Crippen molar-refractivity contribution in [2.75, 3.05) is 25.6 Å². The fourth-order valence-electron chi connectivity index (χ4n) is 2.56. The highest BCUT2D eigenvalue weighted by molar-refractivity contribution is 6.69. The number of nitrogens with zero attached hydrogens (tertiary/aromatic N) is 5. The summed E-state index contributed by atoms with van der Waals surface area (Å²) >= 11 is 0. The van der Waals surface area contributed by atoms with Crippen LogP contribution < -0.4 is 10.1 Å². The third-order valence-corrected chi connectivity index (χ3v) is 3.93. The van der Waals surface area contributed by atoms with Gasteiger partial charge in [-0.25, -0.2) is 14.6 Å². The van der Waals surface area contributed by atoms with E-state index in [1.165, 1.54) is 13.3 Å². The van der Waals surface area contributed by atoms with Crippen LogP contribution in [0.4, 0.5) is 5.69 Å². The Morgan fingerprint density at radius 2 is 1.77 bits per heavy atom. The van der Waals surface area contributed by atoms with Gasteiger partial charge in [0.1, 0.15) is 5.75 Å². The number of rotatable bonds is 8. The van der Waals surface area contributed by atoms with Crippen LogP contribution in [0, 0.1) is 0 Å². The number of ether oxygens (including phenoxy) is 3. The van der Waals surface area contributed by atoms with Gasteiger partial charge < -0.3 is 19.5 Å². The summed E-state index contributed by atoms with van der Waals surface area (Å²) in [6, 6.07) is 4.81. The topological polar surface area (TPSA) is 153 Å². The van der Waals surface area contributed by atoms with Crippen LogP contribution in [0.2, 0.25) is 0 Å². The van der Waals surface area contributed by atoms with Crippen molar-refractivity contribution in [1.82, 2.24) is 0 Å². The summed E-state index contributed by atoms with van der Waals surface area (Å²) in [6.45, 7) is 3.44. The molecule has 0 atom stereocenters. The van der Waals surface area contributed by atoms with Crippen LogP contribution >= 0.6 is 0 Å². The first kappa shape index (κ1) is 21.5. The van der Waals surface area contributed by atoms with Gasteiger partial charge in [0, 0.05) is 11.9 Å². The Hall–Kier alpha value is -4.22. The van der Waals surface area contributed by atoms with Gasteiger partial charge in [0.05, 0.1) is 25.9 Å². The molecule has 1 aromatic carbocycles. The van der Waals surface area contributed by atoms with Crippen LogP contribution in [-0.2, 0) is 23.9 Å². The van der Waals surface area contributed by atoms with E-state index in [0.717, 1.165) is 0 Å². The van der Waals surface area contributed by atoms with Crippen molar-refractivity contribution < 1.29 is 28.6 Å². The number of aliphatic imine (C=N–C) groups is 2. The number of esters is 2. The van der Waals surface area contributed by atoms with E-state index >= 15 is 0 Å². The maximum atomic E-state index is 12.1. The van der Waals surface area contributed by atoms with Gasteiger partial charge in [-0.15, -0.1) is 10.2 Å². The Labute approximate surface area is 176 Å². The van der Waals surface area contributed by atoms with Gasteiger partial charge >= 0.3 is 17.8 Å². The number of anilines is 1. The molecule has 31 heavy (non-hydrogen) atoms. The molecule has 0 fully saturated rings. The highest BCUT2D eigenvalue weighted by Crippen LogP contribution is 2.26. The molecule has 0 radical (unpaired) electrons. The number of amidine groups is 2. The predicted molar refractivity (Wildman–Crippen MR) is 109 cm³/mol. The number of hydrogen-bond donors (Lipinski definition) is 1. The number of benzene rings is 1. The van der Waals surface area contributed by atoms with E-state index in [2.05, 4.69) is 30.7 Å². The molecule has 160 valence electrons. The molecule has 2 heterocycles. The Balaban J connectivity index is 1.93. The summed E-state index contributed by atoms with van der Waals surface area (Å²) in [5, 5.41) is 13.5. The Morgan fingerprint density at radius 1 is 1.06 bits per heavy atom. The van der Waals surface area contributed by atoms with Crippen molar-refractivity contribution in [3.05, 3.63) is 35.5 Å². The predicted octanol–water partition coefficient (Wildman–Crippen LogP) is 1.62. The van der Waals surface area contributed by atoms with Crippen LogP contribution in [0.5, 0.6) is 5.75 Å². The minimum Gasteiger partial charge on any atom is -0.496 e. The zero-order valence-electron chi connectivity index (χ0n) is 16.9.